The molecule has 0 saturated heterocycles. The third kappa shape index (κ3) is 5.48. The van der Waals surface area contributed by atoms with Crippen molar-refractivity contribution in [1.82, 2.24) is 0 Å². The molecule has 0 amide bonds. The van der Waals surface area contributed by atoms with Crippen LogP contribution >= 0.6 is 10.0 Å². The standard InChI is InChI=1S/C26H38S.C2H6/c1-5-7-9-11-17-27(18-12-10-8-6-2)25-15-13-21(3)19-23(25)24-20-22(4)14-16-26(24)27;1-2/h13-16,19-20H,5-12,17-18H2,1-4H3;1-2H3. The van der Waals surface area contributed by atoms with Gasteiger partial charge in [0.05, 0.1) is 0 Å². The normalized spacial score (nSPS) is 14.6. The molecule has 2 aromatic rings. The summed E-state index contributed by atoms with van der Waals surface area (Å²) in [6.07, 6.45) is 11.0. The third-order valence-electron chi connectivity index (χ3n) is 6.09. The first kappa shape index (κ1) is 24.1. The molecule has 0 aliphatic carbocycles. The van der Waals surface area contributed by atoms with E-state index in [-0.39, 0.29) is 0 Å². The molecule has 0 spiro atoms. The minimum Gasteiger partial charge on any atom is -0.187 e. The van der Waals surface area contributed by atoms with Crippen molar-refractivity contribution in [2.45, 2.75) is 103 Å². The fraction of sp³-hybridized carbons (Fsp3) is 0.571. The van der Waals surface area contributed by atoms with E-state index < -0.39 is 10.0 Å². The minimum atomic E-state index is -0.874. The van der Waals surface area contributed by atoms with E-state index in [1.807, 2.05) is 13.8 Å². The summed E-state index contributed by atoms with van der Waals surface area (Å²) in [5, 5.41) is 0. The molecule has 0 saturated carbocycles. The van der Waals surface area contributed by atoms with Crippen molar-refractivity contribution in [1.29, 1.82) is 0 Å². The van der Waals surface area contributed by atoms with E-state index in [2.05, 4.69) is 64.1 Å². The van der Waals surface area contributed by atoms with Crippen LogP contribution in [0.2, 0.25) is 0 Å². The number of rotatable bonds is 10. The molecule has 162 valence electrons. The Labute approximate surface area is 182 Å². The van der Waals surface area contributed by atoms with E-state index in [0.29, 0.717) is 0 Å². The molecule has 1 aliphatic heterocycles. The summed E-state index contributed by atoms with van der Waals surface area (Å²) in [5.41, 5.74) is 5.89. The first-order valence-electron chi connectivity index (χ1n) is 12.1. The maximum atomic E-state index is 2.50. The monoisotopic (exact) mass is 412 g/mol. The van der Waals surface area contributed by atoms with Gasteiger partial charge in [-0.15, -0.1) is 0 Å². The largest absolute Gasteiger partial charge is 0.187 e. The zero-order chi connectivity index (χ0) is 21.3. The van der Waals surface area contributed by atoms with Gasteiger partial charge in [0.15, 0.2) is 0 Å². The van der Waals surface area contributed by atoms with Crippen LogP contribution in [-0.4, -0.2) is 11.5 Å². The average Bonchev–Trinajstić information content (AvgIpc) is 2.99. The molecule has 2 aromatic carbocycles. The van der Waals surface area contributed by atoms with Gasteiger partial charge in [0.2, 0.25) is 0 Å². The molecule has 1 heterocycles. The first-order chi connectivity index (χ1) is 14.1. The number of hydrogen-bond donors (Lipinski definition) is 0. The van der Waals surface area contributed by atoms with Crippen LogP contribution in [0.1, 0.15) is 90.2 Å². The van der Waals surface area contributed by atoms with E-state index in [0.717, 1.165) is 0 Å². The second kappa shape index (κ2) is 11.8. The Morgan fingerprint density at radius 2 is 1.00 bits per heavy atom. The lowest BCUT2D eigenvalue weighted by atomic mass is 10.0. The Balaban J connectivity index is 0.00000145. The highest BCUT2D eigenvalue weighted by atomic mass is 32.3. The van der Waals surface area contributed by atoms with Gasteiger partial charge in [0.1, 0.15) is 0 Å². The van der Waals surface area contributed by atoms with E-state index >= 15 is 0 Å². The molecule has 0 bridgehead atoms. The van der Waals surface area contributed by atoms with Gasteiger partial charge in [-0.2, -0.15) is 10.0 Å². The lowest BCUT2D eigenvalue weighted by Gasteiger charge is -2.39. The maximum absolute atomic E-state index is 2.50. The fourth-order valence-corrected chi connectivity index (χ4v) is 9.15. The van der Waals surface area contributed by atoms with Crippen molar-refractivity contribution >= 4 is 10.0 Å². The highest BCUT2D eigenvalue weighted by Gasteiger charge is 2.37. The fourth-order valence-electron chi connectivity index (χ4n) is 4.60. The van der Waals surface area contributed by atoms with Crippen LogP contribution in [0.15, 0.2) is 46.2 Å². The third-order valence-corrected chi connectivity index (χ3v) is 10.5. The number of unbranched alkanes of at least 4 members (excludes halogenated alkanes) is 6. The van der Waals surface area contributed by atoms with Crippen molar-refractivity contribution in [3.63, 3.8) is 0 Å². The predicted molar refractivity (Wildman–Crippen MR) is 135 cm³/mol. The van der Waals surface area contributed by atoms with Crippen LogP contribution in [0.5, 0.6) is 0 Å². The van der Waals surface area contributed by atoms with Gasteiger partial charge in [-0.05, 0) is 61.5 Å². The van der Waals surface area contributed by atoms with Gasteiger partial charge in [-0.1, -0.05) is 102 Å². The summed E-state index contributed by atoms with van der Waals surface area (Å²) >= 11 is 0. The molecule has 0 nitrogen and oxygen atoms in total. The molecule has 0 fully saturated rings. The average molecular weight is 413 g/mol. The summed E-state index contributed by atoms with van der Waals surface area (Å²) in [6, 6.07) is 14.6. The lowest BCUT2D eigenvalue weighted by Crippen LogP contribution is -2.09. The van der Waals surface area contributed by atoms with Crippen molar-refractivity contribution < 1.29 is 0 Å². The predicted octanol–water partition coefficient (Wildman–Crippen LogP) is 9.69. The number of hydrogen-bond acceptors (Lipinski definition) is 0. The van der Waals surface area contributed by atoms with Crippen molar-refractivity contribution in [3.05, 3.63) is 47.5 Å². The molecule has 0 atom stereocenters. The summed E-state index contributed by atoms with van der Waals surface area (Å²) in [7, 11) is -0.874. The topological polar surface area (TPSA) is 0 Å². The van der Waals surface area contributed by atoms with Crippen LogP contribution < -0.4 is 0 Å². The zero-order valence-electron chi connectivity index (χ0n) is 19.9. The molecule has 3 rings (SSSR count). The van der Waals surface area contributed by atoms with Crippen LogP contribution in [-0.2, 0) is 0 Å². The molecule has 0 N–H and O–H groups in total. The molecule has 0 unspecified atom stereocenters. The molecule has 0 radical (unpaired) electrons. The summed E-state index contributed by atoms with van der Waals surface area (Å²) in [6.45, 7) is 13.1. The zero-order valence-corrected chi connectivity index (χ0v) is 20.8. The Kier molecular flexibility index (Phi) is 9.83. The molecule has 1 aliphatic rings. The van der Waals surface area contributed by atoms with Gasteiger partial charge in [-0.25, -0.2) is 0 Å². The lowest BCUT2D eigenvalue weighted by molar-refractivity contribution is 0.696. The Bertz CT molecular complexity index is 693. The maximum Gasteiger partial charge on any atom is 0.00204 e. The second-order valence-electron chi connectivity index (χ2n) is 8.41. The van der Waals surface area contributed by atoms with Gasteiger partial charge in [0.25, 0.3) is 0 Å². The van der Waals surface area contributed by atoms with Crippen LogP contribution in [0.3, 0.4) is 0 Å². The van der Waals surface area contributed by atoms with Crippen molar-refractivity contribution in [2.24, 2.45) is 0 Å². The van der Waals surface area contributed by atoms with Crippen molar-refractivity contribution in [3.8, 4) is 11.1 Å². The van der Waals surface area contributed by atoms with Gasteiger partial charge in [0, 0.05) is 9.79 Å². The molecule has 0 aromatic heterocycles. The van der Waals surface area contributed by atoms with Crippen LogP contribution in [0, 0.1) is 13.8 Å². The first-order valence-corrected chi connectivity index (χ1v) is 14.1. The summed E-state index contributed by atoms with van der Waals surface area (Å²) in [4.78, 5) is 3.39. The summed E-state index contributed by atoms with van der Waals surface area (Å²) in [5.74, 6) is 2.79. The van der Waals surface area contributed by atoms with Crippen LogP contribution in [0.25, 0.3) is 11.1 Å². The van der Waals surface area contributed by atoms with Gasteiger partial charge >= 0.3 is 0 Å². The molecular formula is C28H44S. The SMILES string of the molecule is CC.CCCCCCS1(CCCCCC)c2ccc(C)cc2-c2cc(C)ccc21. The smallest absolute Gasteiger partial charge is 0.00204 e. The highest BCUT2D eigenvalue weighted by Crippen LogP contribution is 2.72. The number of fused-ring (bicyclic) bond motifs is 3. The highest BCUT2D eigenvalue weighted by molar-refractivity contribution is 8.34. The molecular weight excluding hydrogens is 368 g/mol. The van der Waals surface area contributed by atoms with Crippen LogP contribution in [0.4, 0.5) is 0 Å². The Hall–Kier alpha value is -1.21. The Morgan fingerprint density at radius 1 is 0.586 bits per heavy atom. The minimum absolute atomic E-state index is 0.874. The van der Waals surface area contributed by atoms with E-state index in [1.54, 1.807) is 20.9 Å². The second-order valence-corrected chi connectivity index (χ2v) is 11.9. The quantitative estimate of drug-likeness (QED) is 0.341. The van der Waals surface area contributed by atoms with Gasteiger partial charge < -0.3 is 0 Å². The number of benzene rings is 2. The molecule has 29 heavy (non-hydrogen) atoms. The van der Waals surface area contributed by atoms with Crippen molar-refractivity contribution in [2.75, 3.05) is 11.5 Å². The number of aryl methyl sites for hydroxylation is 2. The summed E-state index contributed by atoms with van der Waals surface area (Å²) < 4.78 is 0. The van der Waals surface area contributed by atoms with E-state index in [1.165, 1.54) is 74.0 Å². The van der Waals surface area contributed by atoms with E-state index in [9.17, 15) is 0 Å². The van der Waals surface area contributed by atoms with E-state index in [4.69, 9.17) is 0 Å². The molecule has 1 heteroatoms. The Morgan fingerprint density at radius 3 is 1.38 bits per heavy atom. The van der Waals surface area contributed by atoms with Gasteiger partial charge in [-0.3, -0.25) is 0 Å².